The first kappa shape index (κ1) is 23.9. The van der Waals surface area contributed by atoms with Crippen molar-refractivity contribution < 1.29 is 18.8 Å². The number of benzene rings is 1. The van der Waals surface area contributed by atoms with E-state index in [1.165, 1.54) is 6.07 Å². The molecule has 1 N–H and O–H groups in total. The van der Waals surface area contributed by atoms with Gasteiger partial charge in [-0.25, -0.2) is 4.39 Å². The summed E-state index contributed by atoms with van der Waals surface area (Å²) in [6.45, 7) is 5.10. The maximum atomic E-state index is 14.7. The third kappa shape index (κ3) is 5.64. The molecule has 0 spiro atoms. The van der Waals surface area contributed by atoms with E-state index in [9.17, 15) is 18.8 Å². The number of nitrogens with zero attached hydrogens (tertiary/aromatic N) is 1. The Kier molecular flexibility index (Phi) is 7.50. The Morgan fingerprint density at radius 3 is 2.39 bits per heavy atom. The van der Waals surface area contributed by atoms with Crippen LogP contribution < -0.4 is 5.32 Å². The summed E-state index contributed by atoms with van der Waals surface area (Å²) < 4.78 is 14.7. The zero-order valence-electron chi connectivity index (χ0n) is 19.9. The van der Waals surface area contributed by atoms with Crippen molar-refractivity contribution in [1.29, 1.82) is 0 Å². The highest BCUT2D eigenvalue weighted by Crippen LogP contribution is 2.35. The van der Waals surface area contributed by atoms with Gasteiger partial charge in [0.05, 0.1) is 11.6 Å². The molecule has 0 aromatic heterocycles. The molecule has 1 saturated heterocycles. The maximum absolute atomic E-state index is 14.7. The molecule has 33 heavy (non-hydrogen) atoms. The van der Waals surface area contributed by atoms with E-state index < -0.39 is 17.8 Å². The van der Waals surface area contributed by atoms with E-state index >= 15 is 0 Å². The number of amides is 2. The molecule has 2 aliphatic carbocycles. The van der Waals surface area contributed by atoms with Crippen LogP contribution in [0.1, 0.15) is 93.5 Å². The average Bonchev–Trinajstić information content (AvgIpc) is 3.68. The molecule has 6 heteroatoms. The lowest BCUT2D eigenvalue weighted by Crippen LogP contribution is -2.48. The number of halogens is 1. The summed E-state index contributed by atoms with van der Waals surface area (Å²) in [6, 6.07) is 4.16. The lowest BCUT2D eigenvalue weighted by atomic mass is 9.80. The number of piperidine rings is 1. The highest BCUT2D eigenvalue weighted by Gasteiger charge is 2.36. The quantitative estimate of drug-likeness (QED) is 0.638. The number of hydrogen-bond donors (Lipinski definition) is 1. The molecular formula is C27H37FN2O3. The van der Waals surface area contributed by atoms with Gasteiger partial charge in [0.2, 0.25) is 5.91 Å². The first-order valence-corrected chi connectivity index (χ1v) is 12.8. The van der Waals surface area contributed by atoms with Gasteiger partial charge in [-0.2, -0.15) is 0 Å². The fourth-order valence-corrected chi connectivity index (χ4v) is 5.48. The third-order valence-corrected chi connectivity index (χ3v) is 7.65. The van der Waals surface area contributed by atoms with Gasteiger partial charge in [0.15, 0.2) is 5.78 Å². The fraction of sp³-hybridized carbons (Fsp3) is 0.667. The van der Waals surface area contributed by atoms with Gasteiger partial charge < -0.3 is 10.2 Å². The number of carbonyl (C=O) groups is 3. The molecule has 1 aromatic rings. The Morgan fingerprint density at radius 1 is 1.00 bits per heavy atom. The van der Waals surface area contributed by atoms with E-state index in [1.807, 2.05) is 18.7 Å². The van der Waals surface area contributed by atoms with Crippen LogP contribution in [0.5, 0.6) is 0 Å². The van der Waals surface area contributed by atoms with E-state index in [0.29, 0.717) is 6.54 Å². The van der Waals surface area contributed by atoms with Gasteiger partial charge in [-0.3, -0.25) is 14.4 Å². The second-order valence-electron chi connectivity index (χ2n) is 10.5. The molecule has 1 aliphatic heterocycles. The minimum Gasteiger partial charge on any atom is -0.342 e. The summed E-state index contributed by atoms with van der Waals surface area (Å²) in [5.74, 6) is -0.614. The van der Waals surface area contributed by atoms with Gasteiger partial charge in [0.25, 0.3) is 5.91 Å². The SMILES string of the molecule is CC(C)C(=O)[C@H](NC(=O)c1cc(C2CCCN(C(=O)C3CC3)C2)ccc1F)C1CCCCC1. The molecule has 1 heterocycles. The van der Waals surface area contributed by atoms with Crippen LogP contribution in [0, 0.1) is 23.6 Å². The monoisotopic (exact) mass is 456 g/mol. The van der Waals surface area contributed by atoms with Crippen molar-refractivity contribution in [2.75, 3.05) is 13.1 Å². The normalized spacial score (nSPS) is 22.8. The Bertz CT molecular complexity index is 889. The van der Waals surface area contributed by atoms with Gasteiger partial charge in [0.1, 0.15) is 5.82 Å². The van der Waals surface area contributed by atoms with Crippen LogP contribution >= 0.6 is 0 Å². The first-order valence-electron chi connectivity index (χ1n) is 12.8. The van der Waals surface area contributed by atoms with Crippen molar-refractivity contribution >= 4 is 17.6 Å². The van der Waals surface area contributed by atoms with E-state index in [1.54, 1.807) is 12.1 Å². The van der Waals surface area contributed by atoms with Gasteiger partial charge in [-0.1, -0.05) is 39.2 Å². The first-order chi connectivity index (χ1) is 15.8. The smallest absolute Gasteiger partial charge is 0.254 e. The zero-order chi connectivity index (χ0) is 23.5. The van der Waals surface area contributed by atoms with Crippen LogP contribution in [0.3, 0.4) is 0 Å². The number of rotatable bonds is 7. The molecule has 1 aromatic carbocycles. The maximum Gasteiger partial charge on any atom is 0.254 e. The summed E-state index contributed by atoms with van der Waals surface area (Å²) in [5.41, 5.74) is 0.884. The Morgan fingerprint density at radius 2 is 1.73 bits per heavy atom. The standard InChI is InChI=1S/C27H37FN2O3/c1-17(2)25(31)24(18-7-4-3-5-8-18)29-26(32)22-15-20(12-13-23(22)28)21-9-6-14-30(16-21)27(33)19-10-11-19/h12-13,15,17-19,21,24H,3-11,14,16H2,1-2H3,(H,29,32)/t21?,24-/m1/s1. The molecule has 1 unspecified atom stereocenters. The van der Waals surface area contributed by atoms with Crippen LogP contribution in [0.25, 0.3) is 0 Å². The summed E-state index contributed by atoms with van der Waals surface area (Å²) in [4.78, 5) is 40.6. The molecule has 2 amide bonds. The van der Waals surface area contributed by atoms with E-state index in [4.69, 9.17) is 0 Å². The average molecular weight is 457 g/mol. The molecule has 0 bridgehead atoms. The Labute approximate surface area is 196 Å². The van der Waals surface area contributed by atoms with Crippen molar-refractivity contribution in [2.45, 2.75) is 83.6 Å². The molecule has 0 radical (unpaired) electrons. The van der Waals surface area contributed by atoms with Crippen LogP contribution in [0.4, 0.5) is 4.39 Å². The molecule has 3 aliphatic rings. The number of carbonyl (C=O) groups excluding carboxylic acids is 3. The minimum atomic E-state index is -0.572. The highest BCUT2D eigenvalue weighted by atomic mass is 19.1. The van der Waals surface area contributed by atoms with Crippen molar-refractivity contribution in [2.24, 2.45) is 17.8 Å². The van der Waals surface area contributed by atoms with Gasteiger partial charge in [-0.15, -0.1) is 0 Å². The van der Waals surface area contributed by atoms with Crippen molar-refractivity contribution in [1.82, 2.24) is 10.2 Å². The van der Waals surface area contributed by atoms with Gasteiger partial charge in [-0.05, 0) is 62.1 Å². The summed E-state index contributed by atoms with van der Waals surface area (Å²) in [5, 5.41) is 2.91. The highest BCUT2D eigenvalue weighted by molar-refractivity contribution is 5.98. The Hall–Kier alpha value is -2.24. The second-order valence-corrected chi connectivity index (χ2v) is 10.5. The number of ketones is 1. The fourth-order valence-electron chi connectivity index (χ4n) is 5.48. The minimum absolute atomic E-state index is 0.00416. The Balaban J connectivity index is 1.50. The van der Waals surface area contributed by atoms with Crippen LogP contribution in [0.15, 0.2) is 18.2 Å². The number of nitrogens with one attached hydrogen (secondary N) is 1. The predicted molar refractivity (Wildman–Crippen MR) is 125 cm³/mol. The molecule has 2 saturated carbocycles. The molecule has 180 valence electrons. The summed E-state index contributed by atoms with van der Waals surface area (Å²) in [7, 11) is 0. The summed E-state index contributed by atoms with van der Waals surface area (Å²) >= 11 is 0. The number of likely N-dealkylation sites (tertiary alicyclic amines) is 1. The molecule has 2 atom stereocenters. The topological polar surface area (TPSA) is 66.5 Å². The summed E-state index contributed by atoms with van der Waals surface area (Å²) in [6.07, 6.45) is 8.90. The van der Waals surface area contributed by atoms with Crippen LogP contribution in [-0.4, -0.2) is 41.6 Å². The number of Topliss-reactive ketones (excluding diaryl/α,β-unsaturated/α-hetero) is 1. The third-order valence-electron chi connectivity index (χ3n) is 7.65. The van der Waals surface area contributed by atoms with E-state index in [2.05, 4.69) is 5.32 Å². The molecule has 3 fully saturated rings. The van der Waals surface area contributed by atoms with Crippen LogP contribution in [0.2, 0.25) is 0 Å². The lowest BCUT2D eigenvalue weighted by molar-refractivity contribution is -0.133. The van der Waals surface area contributed by atoms with Crippen molar-refractivity contribution in [3.63, 3.8) is 0 Å². The second kappa shape index (κ2) is 10.4. The van der Waals surface area contributed by atoms with Crippen molar-refractivity contribution in [3.05, 3.63) is 35.1 Å². The molecular weight excluding hydrogens is 419 g/mol. The zero-order valence-corrected chi connectivity index (χ0v) is 19.9. The van der Waals surface area contributed by atoms with Crippen LogP contribution in [-0.2, 0) is 9.59 Å². The lowest BCUT2D eigenvalue weighted by Gasteiger charge is -2.33. The van der Waals surface area contributed by atoms with E-state index in [-0.39, 0.29) is 40.9 Å². The van der Waals surface area contributed by atoms with Gasteiger partial charge >= 0.3 is 0 Å². The largest absolute Gasteiger partial charge is 0.342 e. The van der Waals surface area contributed by atoms with E-state index in [0.717, 1.165) is 69.9 Å². The molecule has 5 nitrogen and oxygen atoms in total. The number of hydrogen-bond acceptors (Lipinski definition) is 3. The predicted octanol–water partition coefficient (Wildman–Crippen LogP) is 4.85. The van der Waals surface area contributed by atoms with Crippen molar-refractivity contribution in [3.8, 4) is 0 Å². The molecule has 4 rings (SSSR count). The van der Waals surface area contributed by atoms with Gasteiger partial charge in [0, 0.05) is 30.8 Å².